The number of hydrogen-bond donors (Lipinski definition) is 0. The molecule has 1 aliphatic heterocycles. The Morgan fingerprint density at radius 3 is 1.71 bits per heavy atom. The highest BCUT2D eigenvalue weighted by molar-refractivity contribution is 8.19. The average molecular weight is 405 g/mol. The second-order valence-corrected chi connectivity index (χ2v) is 9.66. The summed E-state index contributed by atoms with van der Waals surface area (Å²) in [6.07, 6.45) is 1.96. The Balaban J connectivity index is 1.74. The molecule has 3 aromatic rings. The summed E-state index contributed by atoms with van der Waals surface area (Å²) in [6.45, 7) is 4.12. The first-order valence-electron chi connectivity index (χ1n) is 9.06. The first kappa shape index (κ1) is 18.9. The van der Waals surface area contributed by atoms with Gasteiger partial charge in [-0.2, -0.15) is 0 Å². The maximum absolute atomic E-state index is 13.1. The van der Waals surface area contributed by atoms with Gasteiger partial charge < -0.3 is 4.74 Å². The van der Waals surface area contributed by atoms with Gasteiger partial charge in [0.25, 0.3) is 0 Å². The molecule has 28 heavy (non-hydrogen) atoms. The second kappa shape index (κ2) is 7.90. The van der Waals surface area contributed by atoms with Crippen LogP contribution in [-0.4, -0.2) is 10.0 Å². The SMILES string of the molecule is Cc1ccc(SC2(Sc3ccc(C)cc3)C=C(c3ccccc3)OC2=O)cc1. The molecule has 3 aromatic carbocycles. The van der Waals surface area contributed by atoms with Crippen molar-refractivity contribution in [1.29, 1.82) is 0 Å². The molecule has 0 aromatic heterocycles. The van der Waals surface area contributed by atoms with E-state index in [4.69, 9.17) is 4.74 Å². The molecule has 0 atom stereocenters. The largest absolute Gasteiger partial charge is 0.424 e. The van der Waals surface area contributed by atoms with Crippen molar-refractivity contribution in [2.24, 2.45) is 0 Å². The first-order valence-corrected chi connectivity index (χ1v) is 10.7. The number of esters is 1. The number of rotatable bonds is 5. The van der Waals surface area contributed by atoms with Crippen LogP contribution in [0.2, 0.25) is 0 Å². The van der Waals surface area contributed by atoms with Gasteiger partial charge in [0.05, 0.1) is 0 Å². The lowest BCUT2D eigenvalue weighted by molar-refractivity contribution is -0.134. The van der Waals surface area contributed by atoms with Gasteiger partial charge in [-0.15, -0.1) is 0 Å². The number of aryl methyl sites for hydroxylation is 2. The van der Waals surface area contributed by atoms with Crippen molar-refractivity contribution in [3.8, 4) is 0 Å². The Labute approximate surface area is 174 Å². The van der Waals surface area contributed by atoms with Gasteiger partial charge in [0.1, 0.15) is 5.76 Å². The summed E-state index contributed by atoms with van der Waals surface area (Å²) in [5, 5.41) is 0. The number of cyclic esters (lactones) is 1. The van der Waals surface area contributed by atoms with Gasteiger partial charge in [0, 0.05) is 15.4 Å². The fourth-order valence-electron chi connectivity index (χ4n) is 2.90. The van der Waals surface area contributed by atoms with Crippen LogP contribution in [0, 0.1) is 13.8 Å². The van der Waals surface area contributed by atoms with Crippen LogP contribution in [0.1, 0.15) is 16.7 Å². The van der Waals surface area contributed by atoms with Crippen LogP contribution in [0.3, 0.4) is 0 Å². The lowest BCUT2D eigenvalue weighted by Gasteiger charge is -2.22. The number of ether oxygens (including phenoxy) is 1. The predicted molar refractivity (Wildman–Crippen MR) is 117 cm³/mol. The lowest BCUT2D eigenvalue weighted by atomic mass is 10.2. The van der Waals surface area contributed by atoms with Gasteiger partial charge in [-0.05, 0) is 44.2 Å². The topological polar surface area (TPSA) is 26.3 Å². The van der Waals surface area contributed by atoms with E-state index in [1.165, 1.54) is 34.7 Å². The van der Waals surface area contributed by atoms with Crippen LogP contribution >= 0.6 is 23.5 Å². The zero-order valence-corrected chi connectivity index (χ0v) is 17.3. The molecule has 0 saturated carbocycles. The van der Waals surface area contributed by atoms with Crippen molar-refractivity contribution < 1.29 is 9.53 Å². The molecule has 1 heterocycles. The van der Waals surface area contributed by atoms with Gasteiger partial charge in [0.15, 0.2) is 4.08 Å². The van der Waals surface area contributed by atoms with Gasteiger partial charge >= 0.3 is 5.97 Å². The summed E-state index contributed by atoms with van der Waals surface area (Å²) in [5.74, 6) is 0.368. The first-order chi connectivity index (χ1) is 13.5. The fourth-order valence-corrected chi connectivity index (χ4v) is 5.47. The Hall–Kier alpha value is -2.43. The Morgan fingerprint density at radius 1 is 0.714 bits per heavy atom. The summed E-state index contributed by atoms with van der Waals surface area (Å²) in [5.41, 5.74) is 3.30. The fraction of sp³-hybridized carbons (Fsp3) is 0.125. The van der Waals surface area contributed by atoms with Gasteiger partial charge in [-0.3, -0.25) is 0 Å². The van der Waals surface area contributed by atoms with Crippen LogP contribution in [0.25, 0.3) is 5.76 Å². The van der Waals surface area contributed by atoms with Crippen LogP contribution in [0.15, 0.2) is 94.7 Å². The van der Waals surface area contributed by atoms with E-state index in [0.717, 1.165) is 15.4 Å². The predicted octanol–water partition coefficient (Wildman–Crippen LogP) is 6.48. The summed E-state index contributed by atoms with van der Waals surface area (Å²) in [6, 6.07) is 26.2. The van der Waals surface area contributed by atoms with Crippen LogP contribution in [-0.2, 0) is 9.53 Å². The van der Waals surface area contributed by atoms with E-state index in [9.17, 15) is 4.79 Å². The normalized spacial score (nSPS) is 15.2. The monoisotopic (exact) mass is 404 g/mol. The minimum absolute atomic E-state index is 0.248. The van der Waals surface area contributed by atoms with E-state index in [-0.39, 0.29) is 5.97 Å². The third-order valence-corrected chi connectivity index (χ3v) is 7.14. The van der Waals surface area contributed by atoms with Crippen molar-refractivity contribution in [2.75, 3.05) is 0 Å². The van der Waals surface area contributed by atoms with Gasteiger partial charge in [0.2, 0.25) is 0 Å². The zero-order chi connectivity index (χ0) is 19.6. The third kappa shape index (κ3) is 4.03. The van der Waals surface area contributed by atoms with E-state index >= 15 is 0 Å². The number of hydrogen-bond acceptors (Lipinski definition) is 4. The minimum atomic E-state index is -0.865. The minimum Gasteiger partial charge on any atom is -0.424 e. The molecule has 2 nitrogen and oxygen atoms in total. The Morgan fingerprint density at radius 2 is 1.21 bits per heavy atom. The molecule has 4 rings (SSSR count). The van der Waals surface area contributed by atoms with E-state index in [1.807, 2.05) is 36.4 Å². The Bertz CT molecular complexity index is 959. The summed E-state index contributed by atoms with van der Waals surface area (Å²) in [7, 11) is 0. The standard InChI is InChI=1S/C24H20O2S2/c1-17-8-12-20(13-9-17)27-24(28-21-14-10-18(2)11-15-21)16-22(26-23(24)25)19-6-4-3-5-7-19/h3-16H,1-2H3. The highest BCUT2D eigenvalue weighted by Gasteiger charge is 2.46. The van der Waals surface area contributed by atoms with Crippen molar-refractivity contribution in [2.45, 2.75) is 27.7 Å². The lowest BCUT2D eigenvalue weighted by Crippen LogP contribution is -2.25. The number of carbonyl (C=O) groups is 1. The van der Waals surface area contributed by atoms with E-state index in [2.05, 4.69) is 62.4 Å². The molecule has 0 unspecified atom stereocenters. The molecule has 0 spiro atoms. The smallest absolute Gasteiger partial charge is 0.342 e. The molecule has 0 amide bonds. The number of thioether (sulfide) groups is 2. The molecule has 140 valence electrons. The van der Waals surface area contributed by atoms with Crippen LogP contribution in [0.4, 0.5) is 0 Å². The van der Waals surface area contributed by atoms with Gasteiger partial charge in [-0.25, -0.2) is 4.79 Å². The Kier molecular flexibility index (Phi) is 5.33. The van der Waals surface area contributed by atoms with Gasteiger partial charge in [-0.1, -0.05) is 89.2 Å². The van der Waals surface area contributed by atoms with Crippen molar-refractivity contribution in [1.82, 2.24) is 0 Å². The van der Waals surface area contributed by atoms with Crippen LogP contribution < -0.4 is 0 Å². The third-order valence-electron chi connectivity index (χ3n) is 4.45. The molecule has 0 aliphatic carbocycles. The van der Waals surface area contributed by atoms with Crippen molar-refractivity contribution >= 4 is 35.3 Å². The van der Waals surface area contributed by atoms with E-state index < -0.39 is 4.08 Å². The van der Waals surface area contributed by atoms with E-state index in [0.29, 0.717) is 5.76 Å². The molecule has 0 saturated heterocycles. The molecular weight excluding hydrogens is 384 g/mol. The number of carbonyl (C=O) groups excluding carboxylic acids is 1. The highest BCUT2D eigenvalue weighted by Crippen LogP contribution is 2.52. The molecule has 0 bridgehead atoms. The highest BCUT2D eigenvalue weighted by atomic mass is 32.2. The summed E-state index contributed by atoms with van der Waals surface area (Å²) in [4.78, 5) is 15.2. The van der Waals surface area contributed by atoms with Crippen molar-refractivity contribution in [3.05, 3.63) is 102 Å². The molecule has 4 heteroatoms. The maximum Gasteiger partial charge on any atom is 0.342 e. The van der Waals surface area contributed by atoms with Crippen LogP contribution in [0.5, 0.6) is 0 Å². The van der Waals surface area contributed by atoms with Crippen molar-refractivity contribution in [3.63, 3.8) is 0 Å². The molecule has 0 N–H and O–H groups in total. The molecule has 1 aliphatic rings. The van der Waals surface area contributed by atoms with E-state index in [1.54, 1.807) is 0 Å². The maximum atomic E-state index is 13.1. The second-order valence-electron chi connectivity index (χ2n) is 6.76. The average Bonchev–Trinajstić information content (AvgIpc) is 3.02. The number of benzene rings is 3. The molecule has 0 radical (unpaired) electrons. The quantitative estimate of drug-likeness (QED) is 0.359. The molecular formula is C24H20O2S2. The summed E-state index contributed by atoms with van der Waals surface area (Å²) >= 11 is 3.05. The molecule has 0 fully saturated rings. The summed E-state index contributed by atoms with van der Waals surface area (Å²) < 4.78 is 4.87. The zero-order valence-electron chi connectivity index (χ0n) is 15.7.